The van der Waals surface area contributed by atoms with Crippen LogP contribution in [0.5, 0.6) is 5.75 Å². The molecule has 0 radical (unpaired) electrons. The van der Waals surface area contributed by atoms with Crippen LogP contribution in [0.4, 0.5) is 32.4 Å². The van der Waals surface area contributed by atoms with Gasteiger partial charge in [-0.1, -0.05) is 0 Å². The zero-order valence-corrected chi connectivity index (χ0v) is 15.7. The topological polar surface area (TPSA) is 73.9 Å². The number of nitrogens with one attached hydrogen (secondary N) is 1. The third-order valence-electron chi connectivity index (χ3n) is 3.44. The van der Waals surface area contributed by atoms with E-state index in [0.717, 1.165) is 24.3 Å². The lowest BCUT2D eigenvalue weighted by Crippen LogP contribution is -2.19. The second-order valence-electron chi connectivity index (χ2n) is 6.12. The van der Waals surface area contributed by atoms with Gasteiger partial charge in [-0.05, 0) is 44.2 Å². The number of hydrogen-bond donors (Lipinski definition) is 1. The highest BCUT2D eigenvalue weighted by atomic mass is 19.4. The lowest BCUT2D eigenvalue weighted by Gasteiger charge is -2.14. The minimum Gasteiger partial charge on any atom is -0.453 e. The molecule has 162 valence electrons. The molecule has 6 nitrogen and oxygen atoms in total. The minimum absolute atomic E-state index is 0.0552. The molecule has 0 saturated carbocycles. The molecule has 0 atom stereocenters. The predicted molar refractivity (Wildman–Crippen MR) is 94.0 cm³/mol. The van der Waals surface area contributed by atoms with Gasteiger partial charge in [0.2, 0.25) is 6.79 Å². The molecule has 0 heterocycles. The molecule has 0 aliphatic heterocycles. The molecule has 2 aromatic carbocycles. The van der Waals surface area contributed by atoms with Crippen LogP contribution in [0.3, 0.4) is 0 Å². The molecular weight excluding hydrogens is 417 g/mol. The van der Waals surface area contributed by atoms with E-state index >= 15 is 0 Å². The summed E-state index contributed by atoms with van der Waals surface area (Å²) in [5, 5.41) is 2.20. The summed E-state index contributed by atoms with van der Waals surface area (Å²) in [4.78, 5) is 23.7. The molecule has 2 rings (SSSR count). The molecule has 0 aliphatic carbocycles. The number of carbonyl (C=O) groups excluding carboxylic acids is 2. The van der Waals surface area contributed by atoms with E-state index in [1.54, 1.807) is 13.8 Å². The number of alkyl halides is 3. The number of amides is 1. The summed E-state index contributed by atoms with van der Waals surface area (Å²) in [6.07, 6.45) is -6.15. The zero-order chi connectivity index (χ0) is 22.5. The molecule has 0 bridgehead atoms. The highest BCUT2D eigenvalue weighted by Crippen LogP contribution is 2.30. The third kappa shape index (κ3) is 6.33. The van der Waals surface area contributed by atoms with E-state index in [9.17, 15) is 31.5 Å². The van der Waals surface area contributed by atoms with E-state index in [0.29, 0.717) is 12.1 Å². The Balaban J connectivity index is 2.15. The van der Waals surface area contributed by atoms with Crippen molar-refractivity contribution in [2.45, 2.75) is 26.1 Å². The Hall–Kier alpha value is -3.37. The van der Waals surface area contributed by atoms with E-state index in [-0.39, 0.29) is 5.69 Å². The highest BCUT2D eigenvalue weighted by molar-refractivity contribution is 6.06. The molecule has 1 N–H and O–H groups in total. The van der Waals surface area contributed by atoms with Crippen LogP contribution in [0.25, 0.3) is 0 Å². The van der Waals surface area contributed by atoms with Crippen molar-refractivity contribution in [1.29, 1.82) is 0 Å². The lowest BCUT2D eigenvalue weighted by molar-refractivity contribution is -0.137. The maximum Gasteiger partial charge on any atom is 0.511 e. The summed E-state index contributed by atoms with van der Waals surface area (Å²) in [5.74, 6) is -4.14. The molecule has 0 saturated heterocycles. The predicted octanol–water partition coefficient (Wildman–Crippen LogP) is 5.13. The molecule has 0 unspecified atom stereocenters. The fraction of sp³-hybridized carbons (Fsp3) is 0.263. The smallest absolute Gasteiger partial charge is 0.453 e. The van der Waals surface area contributed by atoms with Crippen LogP contribution in [-0.4, -0.2) is 25.0 Å². The molecule has 0 aliphatic rings. The zero-order valence-electron chi connectivity index (χ0n) is 15.7. The quantitative estimate of drug-likeness (QED) is 0.388. The second kappa shape index (κ2) is 9.42. The highest BCUT2D eigenvalue weighted by Gasteiger charge is 2.30. The van der Waals surface area contributed by atoms with Crippen LogP contribution < -0.4 is 10.1 Å². The van der Waals surface area contributed by atoms with Crippen molar-refractivity contribution in [2.75, 3.05) is 12.1 Å². The van der Waals surface area contributed by atoms with Crippen molar-refractivity contribution in [3.63, 3.8) is 0 Å². The average molecular weight is 433 g/mol. The summed E-state index contributed by atoms with van der Waals surface area (Å²) in [5.41, 5.74) is -1.60. The van der Waals surface area contributed by atoms with Crippen molar-refractivity contribution < 1.29 is 45.8 Å². The number of rotatable bonds is 6. The van der Waals surface area contributed by atoms with Gasteiger partial charge in [0.25, 0.3) is 5.91 Å². The summed E-state index contributed by atoms with van der Waals surface area (Å²) < 4.78 is 79.6. The van der Waals surface area contributed by atoms with Gasteiger partial charge in [-0.3, -0.25) is 4.79 Å². The fourth-order valence-corrected chi connectivity index (χ4v) is 2.18. The van der Waals surface area contributed by atoms with Gasteiger partial charge < -0.3 is 19.5 Å². The van der Waals surface area contributed by atoms with Crippen molar-refractivity contribution in [3.8, 4) is 5.75 Å². The Bertz CT molecular complexity index is 913. The van der Waals surface area contributed by atoms with Crippen LogP contribution in [0.15, 0.2) is 36.4 Å². The molecule has 1 amide bonds. The molecule has 0 spiro atoms. The van der Waals surface area contributed by atoms with Crippen LogP contribution in [0.1, 0.15) is 29.8 Å². The summed E-state index contributed by atoms with van der Waals surface area (Å²) in [7, 11) is 0. The van der Waals surface area contributed by atoms with Crippen molar-refractivity contribution in [1.82, 2.24) is 0 Å². The fourth-order valence-electron chi connectivity index (χ4n) is 2.18. The largest absolute Gasteiger partial charge is 0.511 e. The van der Waals surface area contributed by atoms with Crippen molar-refractivity contribution in [2.24, 2.45) is 0 Å². The molecule has 0 fully saturated rings. The standard InChI is InChI=1S/C19H16F5NO5/c1-10(2)30-18(27)29-9-28-16-14(7-12(20)8-15(16)21)17(26)25-13-5-3-11(4-6-13)19(22,23)24/h3-8,10H,9H2,1-2H3,(H,25,26). The SMILES string of the molecule is CC(C)OC(=O)OCOc1c(F)cc(F)cc1C(=O)Nc1ccc(C(F)(F)F)cc1. The minimum atomic E-state index is -4.56. The van der Waals surface area contributed by atoms with Gasteiger partial charge >= 0.3 is 12.3 Å². The van der Waals surface area contributed by atoms with Crippen molar-refractivity contribution >= 4 is 17.7 Å². The van der Waals surface area contributed by atoms with Gasteiger partial charge in [-0.25, -0.2) is 13.6 Å². The molecule has 2 aromatic rings. The second-order valence-corrected chi connectivity index (χ2v) is 6.12. The van der Waals surface area contributed by atoms with Crippen LogP contribution in [0.2, 0.25) is 0 Å². The third-order valence-corrected chi connectivity index (χ3v) is 3.44. The normalized spacial score (nSPS) is 11.2. The van der Waals surface area contributed by atoms with E-state index in [1.165, 1.54) is 0 Å². The Morgan fingerprint density at radius 2 is 1.70 bits per heavy atom. The van der Waals surface area contributed by atoms with Crippen LogP contribution in [0, 0.1) is 11.6 Å². The molecular formula is C19H16F5NO5. The maximum absolute atomic E-state index is 14.1. The summed E-state index contributed by atoms with van der Waals surface area (Å²) in [6, 6.07) is 4.51. The van der Waals surface area contributed by atoms with Gasteiger partial charge in [0.05, 0.1) is 17.2 Å². The monoisotopic (exact) mass is 433 g/mol. The Labute approximate surface area is 167 Å². The van der Waals surface area contributed by atoms with E-state index in [2.05, 4.69) is 14.8 Å². The first-order valence-corrected chi connectivity index (χ1v) is 8.41. The van der Waals surface area contributed by atoms with E-state index < -0.39 is 59.6 Å². The number of benzene rings is 2. The maximum atomic E-state index is 14.1. The molecule has 0 aromatic heterocycles. The number of halogens is 5. The van der Waals surface area contributed by atoms with E-state index in [4.69, 9.17) is 4.74 Å². The Kier molecular flexibility index (Phi) is 7.19. The van der Waals surface area contributed by atoms with E-state index in [1.807, 2.05) is 0 Å². The summed E-state index contributed by atoms with van der Waals surface area (Å²) >= 11 is 0. The average Bonchev–Trinajstić information content (AvgIpc) is 2.62. The number of carbonyl (C=O) groups is 2. The summed E-state index contributed by atoms with van der Waals surface area (Å²) in [6.45, 7) is 2.28. The van der Waals surface area contributed by atoms with Gasteiger partial charge in [0.1, 0.15) is 5.82 Å². The lowest BCUT2D eigenvalue weighted by atomic mass is 10.1. The first-order chi connectivity index (χ1) is 14.0. The van der Waals surface area contributed by atoms with Crippen LogP contribution in [-0.2, 0) is 15.7 Å². The Morgan fingerprint density at radius 1 is 1.07 bits per heavy atom. The van der Waals surface area contributed by atoms with Gasteiger partial charge in [0, 0.05) is 11.8 Å². The first-order valence-electron chi connectivity index (χ1n) is 8.41. The number of anilines is 1. The van der Waals surface area contributed by atoms with Crippen LogP contribution >= 0.6 is 0 Å². The molecule has 11 heteroatoms. The van der Waals surface area contributed by atoms with Gasteiger partial charge in [-0.2, -0.15) is 13.2 Å². The van der Waals surface area contributed by atoms with Gasteiger partial charge in [0.15, 0.2) is 11.6 Å². The van der Waals surface area contributed by atoms with Crippen molar-refractivity contribution in [3.05, 3.63) is 59.2 Å². The van der Waals surface area contributed by atoms with Gasteiger partial charge in [-0.15, -0.1) is 0 Å². The Morgan fingerprint density at radius 3 is 2.27 bits per heavy atom. The first kappa shape index (κ1) is 22.9. The molecule has 30 heavy (non-hydrogen) atoms. The number of hydrogen-bond acceptors (Lipinski definition) is 5. The number of ether oxygens (including phenoxy) is 3.